The Hall–Kier alpha value is -0.810. The Morgan fingerprint density at radius 2 is 2.07 bits per heavy atom. The maximum Gasteiger partial charge on any atom is 0.407 e. The van der Waals surface area contributed by atoms with Crippen LogP contribution in [0.4, 0.5) is 4.79 Å². The van der Waals surface area contributed by atoms with Crippen molar-refractivity contribution in [3.8, 4) is 0 Å². The van der Waals surface area contributed by atoms with E-state index in [9.17, 15) is 4.79 Å². The minimum atomic E-state index is -0.470. The zero-order valence-corrected chi connectivity index (χ0v) is 10.0. The Morgan fingerprint density at radius 3 is 2.53 bits per heavy atom. The number of nitrogens with two attached hydrogens (primary N) is 1. The van der Waals surface area contributed by atoms with Crippen LogP contribution in [0, 0.1) is 0 Å². The summed E-state index contributed by atoms with van der Waals surface area (Å²) >= 11 is 0. The molecule has 5 heteroatoms. The van der Waals surface area contributed by atoms with E-state index in [1.165, 1.54) is 0 Å². The molecule has 0 aliphatic heterocycles. The summed E-state index contributed by atoms with van der Waals surface area (Å²) in [7, 11) is 0. The van der Waals surface area contributed by atoms with Gasteiger partial charge in [0, 0.05) is 6.54 Å². The van der Waals surface area contributed by atoms with E-state index in [0.717, 1.165) is 0 Å². The van der Waals surface area contributed by atoms with Crippen molar-refractivity contribution in [1.82, 2.24) is 5.32 Å². The van der Waals surface area contributed by atoms with Crippen molar-refractivity contribution in [1.29, 1.82) is 0 Å². The van der Waals surface area contributed by atoms with Gasteiger partial charge in [-0.15, -0.1) is 0 Å². The lowest BCUT2D eigenvalue weighted by Gasteiger charge is -2.21. The minimum absolute atomic E-state index is 0.0774. The van der Waals surface area contributed by atoms with Crippen LogP contribution in [0.25, 0.3) is 0 Å². The highest BCUT2D eigenvalue weighted by atomic mass is 16.6. The van der Waals surface area contributed by atoms with Gasteiger partial charge in [-0.3, -0.25) is 0 Å². The van der Waals surface area contributed by atoms with Crippen molar-refractivity contribution in [2.75, 3.05) is 19.8 Å². The van der Waals surface area contributed by atoms with E-state index in [1.54, 1.807) is 0 Å². The molecule has 0 bridgehead atoms. The van der Waals surface area contributed by atoms with Crippen molar-refractivity contribution in [2.45, 2.75) is 39.3 Å². The number of carbonyl (C=O) groups excluding carboxylic acids is 1. The first kappa shape index (κ1) is 14.2. The SMILES string of the molecule is CC(COCCN)NC(=O)OC(C)(C)C. The third kappa shape index (κ3) is 9.49. The number of hydrogen-bond donors (Lipinski definition) is 2. The molecule has 1 unspecified atom stereocenters. The molecule has 0 aromatic rings. The number of carbonyl (C=O) groups is 1. The summed E-state index contributed by atoms with van der Waals surface area (Å²) in [4.78, 5) is 11.3. The molecule has 0 spiro atoms. The fraction of sp³-hybridized carbons (Fsp3) is 0.900. The third-order valence-electron chi connectivity index (χ3n) is 1.39. The Balaban J connectivity index is 3.67. The summed E-state index contributed by atoms with van der Waals surface area (Å²) in [6.45, 7) is 8.74. The normalized spacial score (nSPS) is 13.4. The highest BCUT2D eigenvalue weighted by Crippen LogP contribution is 2.06. The summed E-state index contributed by atoms with van der Waals surface area (Å²) in [6.07, 6.45) is -0.425. The summed E-state index contributed by atoms with van der Waals surface area (Å²) in [6, 6.07) is -0.0774. The van der Waals surface area contributed by atoms with Crippen molar-refractivity contribution in [3.05, 3.63) is 0 Å². The van der Waals surface area contributed by atoms with Gasteiger partial charge in [-0.25, -0.2) is 4.79 Å². The highest BCUT2D eigenvalue weighted by Gasteiger charge is 2.17. The zero-order chi connectivity index (χ0) is 11.9. The monoisotopic (exact) mass is 218 g/mol. The van der Waals surface area contributed by atoms with Gasteiger partial charge in [0.2, 0.25) is 0 Å². The Morgan fingerprint density at radius 1 is 1.47 bits per heavy atom. The molecule has 3 N–H and O–H groups in total. The van der Waals surface area contributed by atoms with Gasteiger partial charge in [0.25, 0.3) is 0 Å². The van der Waals surface area contributed by atoms with E-state index < -0.39 is 11.7 Å². The predicted octanol–water partition coefficient (Wildman–Crippen LogP) is 0.875. The molecule has 0 aromatic carbocycles. The zero-order valence-electron chi connectivity index (χ0n) is 10.0. The number of rotatable bonds is 5. The second-order valence-corrected chi connectivity index (χ2v) is 4.41. The quantitative estimate of drug-likeness (QED) is 0.672. The molecule has 0 saturated heterocycles. The van der Waals surface area contributed by atoms with Gasteiger partial charge < -0.3 is 20.5 Å². The molecular weight excluding hydrogens is 196 g/mol. The van der Waals surface area contributed by atoms with Crippen LogP contribution in [0.3, 0.4) is 0 Å². The lowest BCUT2D eigenvalue weighted by atomic mass is 10.2. The summed E-state index contributed by atoms with van der Waals surface area (Å²) in [5.41, 5.74) is 4.79. The van der Waals surface area contributed by atoms with E-state index in [-0.39, 0.29) is 6.04 Å². The van der Waals surface area contributed by atoms with E-state index >= 15 is 0 Å². The van der Waals surface area contributed by atoms with Gasteiger partial charge in [0.05, 0.1) is 19.3 Å². The highest BCUT2D eigenvalue weighted by molar-refractivity contribution is 5.68. The molecule has 0 aliphatic rings. The van der Waals surface area contributed by atoms with Gasteiger partial charge in [-0.05, 0) is 27.7 Å². The molecule has 0 fully saturated rings. The van der Waals surface area contributed by atoms with Crippen molar-refractivity contribution < 1.29 is 14.3 Å². The average molecular weight is 218 g/mol. The molecule has 90 valence electrons. The number of alkyl carbamates (subject to hydrolysis) is 1. The van der Waals surface area contributed by atoms with E-state index in [0.29, 0.717) is 19.8 Å². The van der Waals surface area contributed by atoms with Crippen molar-refractivity contribution >= 4 is 6.09 Å². The largest absolute Gasteiger partial charge is 0.444 e. The Labute approximate surface area is 91.3 Å². The molecule has 1 amide bonds. The van der Waals surface area contributed by atoms with Crippen LogP contribution in [0.5, 0.6) is 0 Å². The maximum atomic E-state index is 11.3. The second kappa shape index (κ2) is 6.63. The van der Waals surface area contributed by atoms with Crippen LogP contribution in [0.1, 0.15) is 27.7 Å². The standard InChI is InChI=1S/C10H22N2O3/c1-8(7-14-6-5-11)12-9(13)15-10(2,3)4/h8H,5-7,11H2,1-4H3,(H,12,13). The number of ether oxygens (including phenoxy) is 2. The van der Waals surface area contributed by atoms with E-state index in [4.69, 9.17) is 15.2 Å². The first-order chi connectivity index (χ1) is 6.85. The topological polar surface area (TPSA) is 73.6 Å². The van der Waals surface area contributed by atoms with Crippen LogP contribution < -0.4 is 11.1 Å². The number of hydrogen-bond acceptors (Lipinski definition) is 4. The van der Waals surface area contributed by atoms with Gasteiger partial charge in [0.1, 0.15) is 5.60 Å². The fourth-order valence-corrected chi connectivity index (χ4v) is 0.894. The molecule has 0 radical (unpaired) electrons. The van der Waals surface area contributed by atoms with Gasteiger partial charge in [-0.1, -0.05) is 0 Å². The second-order valence-electron chi connectivity index (χ2n) is 4.41. The molecule has 1 atom stereocenters. The first-order valence-corrected chi connectivity index (χ1v) is 5.12. The molecule has 0 aliphatic carbocycles. The molecule has 0 heterocycles. The first-order valence-electron chi connectivity index (χ1n) is 5.12. The summed E-state index contributed by atoms with van der Waals surface area (Å²) in [5.74, 6) is 0. The molecule has 0 saturated carbocycles. The molecule has 5 nitrogen and oxygen atoms in total. The smallest absolute Gasteiger partial charge is 0.407 e. The molecule has 0 aromatic heterocycles. The van der Waals surface area contributed by atoms with Crippen LogP contribution in [0.2, 0.25) is 0 Å². The molecular formula is C10H22N2O3. The Kier molecular flexibility index (Phi) is 6.27. The fourth-order valence-electron chi connectivity index (χ4n) is 0.894. The van der Waals surface area contributed by atoms with Gasteiger partial charge in [0.15, 0.2) is 0 Å². The lowest BCUT2D eigenvalue weighted by molar-refractivity contribution is 0.0458. The van der Waals surface area contributed by atoms with Crippen molar-refractivity contribution in [3.63, 3.8) is 0 Å². The number of amides is 1. The van der Waals surface area contributed by atoms with Gasteiger partial charge in [-0.2, -0.15) is 0 Å². The Bertz CT molecular complexity index is 190. The minimum Gasteiger partial charge on any atom is -0.444 e. The van der Waals surface area contributed by atoms with Gasteiger partial charge >= 0.3 is 6.09 Å². The third-order valence-corrected chi connectivity index (χ3v) is 1.39. The predicted molar refractivity (Wildman–Crippen MR) is 58.7 cm³/mol. The van der Waals surface area contributed by atoms with E-state index in [1.807, 2.05) is 27.7 Å². The summed E-state index contributed by atoms with van der Waals surface area (Å²) < 4.78 is 10.3. The van der Waals surface area contributed by atoms with Crippen LogP contribution >= 0.6 is 0 Å². The van der Waals surface area contributed by atoms with E-state index in [2.05, 4.69) is 5.32 Å². The van der Waals surface area contributed by atoms with Crippen LogP contribution in [-0.2, 0) is 9.47 Å². The maximum absolute atomic E-state index is 11.3. The van der Waals surface area contributed by atoms with Crippen molar-refractivity contribution in [2.24, 2.45) is 5.73 Å². The number of nitrogens with one attached hydrogen (secondary N) is 1. The molecule has 15 heavy (non-hydrogen) atoms. The summed E-state index contributed by atoms with van der Waals surface area (Å²) in [5, 5.41) is 2.67. The molecule has 0 rings (SSSR count). The van der Waals surface area contributed by atoms with Crippen LogP contribution in [0.15, 0.2) is 0 Å². The van der Waals surface area contributed by atoms with Crippen LogP contribution in [-0.4, -0.2) is 37.5 Å². The average Bonchev–Trinajstić information content (AvgIpc) is 2.00. The lowest BCUT2D eigenvalue weighted by Crippen LogP contribution is -2.40.